The molecular formula is C16H14ClNO. The Hall–Kier alpha value is -1.80. The Kier molecular flexibility index (Phi) is 3.26. The summed E-state index contributed by atoms with van der Waals surface area (Å²) in [4.78, 5) is 0. The third-order valence-corrected chi connectivity index (χ3v) is 4.06. The second-order valence-electron chi connectivity index (χ2n) is 4.76. The fourth-order valence-electron chi connectivity index (χ4n) is 2.80. The molecule has 0 unspecified atom stereocenters. The number of halogens is 1. The monoisotopic (exact) mass is 271 g/mol. The molecule has 0 fully saturated rings. The second kappa shape index (κ2) is 5.06. The van der Waals surface area contributed by atoms with Gasteiger partial charge in [0.15, 0.2) is 0 Å². The Labute approximate surface area is 117 Å². The Morgan fingerprint density at radius 1 is 1.05 bits per heavy atom. The van der Waals surface area contributed by atoms with Gasteiger partial charge in [-0.1, -0.05) is 59.2 Å². The molecule has 0 saturated heterocycles. The van der Waals surface area contributed by atoms with E-state index in [0.29, 0.717) is 0 Å². The average molecular weight is 272 g/mol. The lowest BCUT2D eigenvalue weighted by atomic mass is 9.78. The molecule has 19 heavy (non-hydrogen) atoms. The molecule has 1 atom stereocenters. The molecule has 0 heterocycles. The van der Waals surface area contributed by atoms with Gasteiger partial charge in [-0.05, 0) is 30.0 Å². The van der Waals surface area contributed by atoms with Gasteiger partial charge in [0.05, 0.1) is 5.71 Å². The van der Waals surface area contributed by atoms with Crippen LogP contribution in [0.3, 0.4) is 0 Å². The predicted octanol–water partition coefficient (Wildman–Crippen LogP) is 4.25. The maximum atomic E-state index is 9.41. The zero-order chi connectivity index (χ0) is 13.2. The summed E-state index contributed by atoms with van der Waals surface area (Å²) >= 11 is 6.27. The van der Waals surface area contributed by atoms with E-state index in [1.807, 2.05) is 42.5 Å². The first-order valence-electron chi connectivity index (χ1n) is 6.36. The van der Waals surface area contributed by atoms with Gasteiger partial charge in [0, 0.05) is 16.5 Å². The van der Waals surface area contributed by atoms with Gasteiger partial charge in [0.2, 0.25) is 0 Å². The van der Waals surface area contributed by atoms with Crippen molar-refractivity contribution in [1.29, 1.82) is 0 Å². The van der Waals surface area contributed by atoms with Crippen LogP contribution in [-0.2, 0) is 6.42 Å². The van der Waals surface area contributed by atoms with Gasteiger partial charge >= 0.3 is 0 Å². The Bertz CT molecular complexity index is 636. The highest BCUT2D eigenvalue weighted by Gasteiger charge is 2.28. The van der Waals surface area contributed by atoms with Crippen LogP contribution >= 0.6 is 11.6 Å². The van der Waals surface area contributed by atoms with Crippen molar-refractivity contribution in [3.63, 3.8) is 0 Å². The molecule has 96 valence electrons. The first-order valence-corrected chi connectivity index (χ1v) is 6.73. The van der Waals surface area contributed by atoms with Gasteiger partial charge in [-0.15, -0.1) is 0 Å². The molecule has 0 amide bonds. The molecule has 0 bridgehead atoms. The SMILES string of the molecule is O/N=C1/c2ccccc2CC[C@H]1c1ccccc1Cl. The van der Waals surface area contributed by atoms with E-state index < -0.39 is 0 Å². The number of benzene rings is 2. The summed E-state index contributed by atoms with van der Waals surface area (Å²) in [5.74, 6) is 0.0635. The highest BCUT2D eigenvalue weighted by atomic mass is 35.5. The number of aryl methyl sites for hydroxylation is 1. The number of hydrogen-bond donors (Lipinski definition) is 1. The molecule has 3 rings (SSSR count). The van der Waals surface area contributed by atoms with Crippen molar-refractivity contribution >= 4 is 17.3 Å². The van der Waals surface area contributed by atoms with Crippen LogP contribution in [0.2, 0.25) is 5.02 Å². The lowest BCUT2D eigenvalue weighted by Gasteiger charge is -2.26. The number of rotatable bonds is 1. The van der Waals surface area contributed by atoms with Crippen molar-refractivity contribution in [1.82, 2.24) is 0 Å². The van der Waals surface area contributed by atoms with Crippen LogP contribution < -0.4 is 0 Å². The molecule has 2 nitrogen and oxygen atoms in total. The fraction of sp³-hybridized carbons (Fsp3) is 0.188. The van der Waals surface area contributed by atoms with Crippen LogP contribution in [0, 0.1) is 0 Å². The lowest BCUT2D eigenvalue weighted by Crippen LogP contribution is -2.22. The summed E-state index contributed by atoms with van der Waals surface area (Å²) < 4.78 is 0. The van der Waals surface area contributed by atoms with Crippen LogP contribution in [-0.4, -0.2) is 10.9 Å². The highest BCUT2D eigenvalue weighted by molar-refractivity contribution is 6.31. The van der Waals surface area contributed by atoms with E-state index in [0.717, 1.165) is 34.7 Å². The molecule has 0 radical (unpaired) electrons. The fourth-order valence-corrected chi connectivity index (χ4v) is 3.06. The highest BCUT2D eigenvalue weighted by Crippen LogP contribution is 2.36. The average Bonchev–Trinajstić information content (AvgIpc) is 2.46. The zero-order valence-corrected chi connectivity index (χ0v) is 11.1. The molecule has 0 aliphatic heterocycles. The Balaban J connectivity index is 2.09. The van der Waals surface area contributed by atoms with Crippen molar-refractivity contribution in [3.05, 3.63) is 70.2 Å². The molecule has 3 heteroatoms. The molecule has 1 N–H and O–H groups in total. The van der Waals surface area contributed by atoms with Gasteiger partial charge in [0.1, 0.15) is 0 Å². The van der Waals surface area contributed by atoms with Gasteiger partial charge in [-0.25, -0.2) is 0 Å². The summed E-state index contributed by atoms with van der Waals surface area (Å²) in [5, 5.41) is 13.7. The maximum Gasteiger partial charge on any atom is 0.0945 e. The summed E-state index contributed by atoms with van der Waals surface area (Å²) in [6.45, 7) is 0. The van der Waals surface area contributed by atoms with Gasteiger partial charge in [-0.3, -0.25) is 0 Å². The van der Waals surface area contributed by atoms with Crippen molar-refractivity contribution in [2.75, 3.05) is 0 Å². The van der Waals surface area contributed by atoms with Crippen LogP contribution in [0.5, 0.6) is 0 Å². The minimum Gasteiger partial charge on any atom is -0.411 e. The summed E-state index contributed by atoms with van der Waals surface area (Å²) in [6.07, 6.45) is 1.89. The molecule has 2 aromatic rings. The van der Waals surface area contributed by atoms with E-state index in [-0.39, 0.29) is 5.92 Å². The number of nitrogens with zero attached hydrogens (tertiary/aromatic N) is 1. The zero-order valence-electron chi connectivity index (χ0n) is 10.4. The first kappa shape index (κ1) is 12.2. The van der Waals surface area contributed by atoms with Crippen molar-refractivity contribution in [2.45, 2.75) is 18.8 Å². The smallest absolute Gasteiger partial charge is 0.0945 e. The molecule has 1 aliphatic carbocycles. The minimum absolute atomic E-state index is 0.0635. The first-order chi connectivity index (χ1) is 9.31. The van der Waals surface area contributed by atoms with Gasteiger partial charge in [-0.2, -0.15) is 0 Å². The van der Waals surface area contributed by atoms with Crippen LogP contribution in [0.15, 0.2) is 53.7 Å². The second-order valence-corrected chi connectivity index (χ2v) is 5.16. The van der Waals surface area contributed by atoms with Crippen molar-refractivity contribution < 1.29 is 5.21 Å². The van der Waals surface area contributed by atoms with Crippen LogP contribution in [0.4, 0.5) is 0 Å². The third kappa shape index (κ3) is 2.13. The molecule has 0 spiro atoms. The summed E-state index contributed by atoms with van der Waals surface area (Å²) in [7, 11) is 0. The molecule has 2 aromatic carbocycles. The topological polar surface area (TPSA) is 32.6 Å². The van der Waals surface area contributed by atoms with Crippen LogP contribution in [0.25, 0.3) is 0 Å². The number of oxime groups is 1. The Morgan fingerprint density at radius 2 is 1.79 bits per heavy atom. The van der Waals surface area contributed by atoms with Crippen molar-refractivity contribution in [2.24, 2.45) is 5.16 Å². The molecule has 1 aliphatic rings. The van der Waals surface area contributed by atoms with Gasteiger partial charge in [0.25, 0.3) is 0 Å². The number of hydrogen-bond acceptors (Lipinski definition) is 2. The molecule has 0 aromatic heterocycles. The van der Waals surface area contributed by atoms with E-state index in [2.05, 4.69) is 11.2 Å². The number of fused-ring (bicyclic) bond motifs is 1. The lowest BCUT2D eigenvalue weighted by molar-refractivity contribution is 0.316. The summed E-state index contributed by atoms with van der Waals surface area (Å²) in [6, 6.07) is 15.9. The van der Waals surface area contributed by atoms with E-state index in [1.165, 1.54) is 5.56 Å². The minimum atomic E-state index is 0.0635. The largest absolute Gasteiger partial charge is 0.411 e. The van der Waals surface area contributed by atoms with Crippen molar-refractivity contribution in [3.8, 4) is 0 Å². The van der Waals surface area contributed by atoms with Gasteiger partial charge < -0.3 is 5.21 Å². The van der Waals surface area contributed by atoms with E-state index in [1.54, 1.807) is 0 Å². The Morgan fingerprint density at radius 3 is 2.58 bits per heavy atom. The summed E-state index contributed by atoms with van der Waals surface area (Å²) in [5.41, 5.74) is 4.01. The van der Waals surface area contributed by atoms with E-state index in [9.17, 15) is 5.21 Å². The van der Waals surface area contributed by atoms with E-state index >= 15 is 0 Å². The standard InChI is InChI=1S/C16H14ClNO/c17-15-8-4-3-7-13(15)14-10-9-11-5-1-2-6-12(11)16(14)18-19/h1-8,14,19H,9-10H2/b18-16-/t14-/m0/s1. The normalized spacial score (nSPS) is 20.3. The maximum absolute atomic E-state index is 9.41. The molecule has 0 saturated carbocycles. The quantitative estimate of drug-likeness (QED) is 0.610. The van der Waals surface area contributed by atoms with E-state index in [4.69, 9.17) is 11.6 Å². The third-order valence-electron chi connectivity index (χ3n) is 3.71. The molecular weight excluding hydrogens is 258 g/mol. The predicted molar refractivity (Wildman–Crippen MR) is 77.3 cm³/mol. The van der Waals surface area contributed by atoms with Crippen LogP contribution in [0.1, 0.15) is 29.0 Å².